The molecule has 9 heteroatoms. The fraction of sp³-hybridized carbons (Fsp3) is 0.464. The molecule has 5 rings (SSSR count). The van der Waals surface area contributed by atoms with Crippen molar-refractivity contribution in [2.45, 2.75) is 33.7 Å². The summed E-state index contributed by atoms with van der Waals surface area (Å²) in [5, 5.41) is 6.92. The zero-order valence-corrected chi connectivity index (χ0v) is 22.8. The van der Waals surface area contributed by atoms with Crippen LogP contribution >= 0.6 is 12.2 Å². The fourth-order valence-electron chi connectivity index (χ4n) is 5.38. The quantitative estimate of drug-likeness (QED) is 0.452. The van der Waals surface area contributed by atoms with Gasteiger partial charge in [0.25, 0.3) is 0 Å². The van der Waals surface area contributed by atoms with Gasteiger partial charge in [0.15, 0.2) is 5.11 Å². The van der Waals surface area contributed by atoms with E-state index in [0.717, 1.165) is 62.4 Å². The number of benzene rings is 1. The van der Waals surface area contributed by atoms with Gasteiger partial charge in [-0.25, -0.2) is 0 Å². The highest BCUT2D eigenvalue weighted by molar-refractivity contribution is 7.80. The largest absolute Gasteiger partial charge is 0.465 e. The molecule has 2 aliphatic heterocycles. The molecule has 2 aliphatic rings. The Kier molecular flexibility index (Phi) is 7.79. The Morgan fingerprint density at radius 1 is 0.919 bits per heavy atom. The van der Waals surface area contributed by atoms with E-state index < -0.39 is 0 Å². The topological polar surface area (TPSA) is 72.7 Å². The van der Waals surface area contributed by atoms with Crippen molar-refractivity contribution in [2.24, 2.45) is 11.8 Å². The molecule has 1 aromatic carbocycles. The molecular weight excluding hydrogens is 482 g/mol. The Morgan fingerprint density at radius 2 is 1.57 bits per heavy atom. The number of anilines is 4. The van der Waals surface area contributed by atoms with Crippen molar-refractivity contribution in [1.82, 2.24) is 15.3 Å². The predicted octanol–water partition coefficient (Wildman–Crippen LogP) is 4.67. The van der Waals surface area contributed by atoms with Crippen molar-refractivity contribution in [3.63, 3.8) is 0 Å². The number of nitrogens with one attached hydrogen (secondary N) is 2. The number of rotatable bonds is 6. The smallest absolute Gasteiger partial charge is 0.232 e. The molecule has 0 bridgehead atoms. The van der Waals surface area contributed by atoms with E-state index >= 15 is 0 Å². The maximum absolute atomic E-state index is 5.64. The van der Waals surface area contributed by atoms with Gasteiger partial charge in [0.05, 0.1) is 6.54 Å². The van der Waals surface area contributed by atoms with Crippen LogP contribution in [0.3, 0.4) is 0 Å². The highest BCUT2D eigenvalue weighted by Gasteiger charge is 2.25. The molecule has 37 heavy (non-hydrogen) atoms. The van der Waals surface area contributed by atoms with Crippen LogP contribution in [0.1, 0.15) is 31.8 Å². The first kappa shape index (κ1) is 25.3. The minimum absolute atomic E-state index is 0.478. The molecule has 0 spiro atoms. The van der Waals surface area contributed by atoms with E-state index in [-0.39, 0.29) is 0 Å². The monoisotopic (exact) mass is 519 g/mol. The van der Waals surface area contributed by atoms with Crippen LogP contribution in [0.4, 0.5) is 23.3 Å². The van der Waals surface area contributed by atoms with Crippen molar-refractivity contribution in [3.8, 4) is 0 Å². The number of thiocarbonyl (C=S) groups is 1. The number of nitrogens with zero attached hydrogens (tertiary/aromatic N) is 5. The van der Waals surface area contributed by atoms with Crippen LogP contribution in [-0.2, 0) is 6.54 Å². The molecule has 2 unspecified atom stereocenters. The lowest BCUT2D eigenvalue weighted by molar-refractivity contribution is 0.355. The zero-order chi connectivity index (χ0) is 25.8. The lowest BCUT2D eigenvalue weighted by atomic mass is 9.92. The second-order valence-corrected chi connectivity index (χ2v) is 10.8. The van der Waals surface area contributed by atoms with E-state index in [1.165, 1.54) is 12.1 Å². The first-order valence-corrected chi connectivity index (χ1v) is 13.6. The first-order valence-electron chi connectivity index (χ1n) is 13.2. The van der Waals surface area contributed by atoms with Gasteiger partial charge in [0.1, 0.15) is 23.2 Å². The molecule has 3 aromatic rings. The molecule has 196 valence electrons. The van der Waals surface area contributed by atoms with Gasteiger partial charge in [0.2, 0.25) is 5.95 Å². The first-order chi connectivity index (χ1) is 17.9. The van der Waals surface area contributed by atoms with E-state index in [1.807, 2.05) is 19.1 Å². The van der Waals surface area contributed by atoms with Gasteiger partial charge in [0, 0.05) is 51.0 Å². The highest BCUT2D eigenvalue weighted by Crippen LogP contribution is 2.29. The predicted molar refractivity (Wildman–Crippen MR) is 155 cm³/mol. The summed E-state index contributed by atoms with van der Waals surface area (Å²) in [4.78, 5) is 17.0. The second kappa shape index (κ2) is 11.4. The van der Waals surface area contributed by atoms with Crippen LogP contribution in [0, 0.1) is 18.8 Å². The Bertz CT molecular complexity index is 1180. The number of piperazine rings is 1. The molecule has 0 radical (unpaired) electrons. The lowest BCUT2D eigenvalue weighted by Crippen LogP contribution is -2.47. The van der Waals surface area contributed by atoms with Gasteiger partial charge in [-0.1, -0.05) is 32.0 Å². The highest BCUT2D eigenvalue weighted by atomic mass is 32.1. The van der Waals surface area contributed by atoms with E-state index in [0.29, 0.717) is 29.4 Å². The summed E-state index contributed by atoms with van der Waals surface area (Å²) >= 11 is 5.57. The van der Waals surface area contributed by atoms with Gasteiger partial charge < -0.3 is 29.8 Å². The maximum Gasteiger partial charge on any atom is 0.232 e. The molecule has 0 aliphatic carbocycles. The van der Waals surface area contributed by atoms with Crippen LogP contribution in [-0.4, -0.2) is 54.3 Å². The van der Waals surface area contributed by atoms with E-state index in [1.54, 1.807) is 0 Å². The van der Waals surface area contributed by atoms with Crippen LogP contribution in [0.5, 0.6) is 0 Å². The normalized spacial score (nSPS) is 20.1. The summed E-state index contributed by atoms with van der Waals surface area (Å²) in [5.41, 5.74) is 1.27. The Morgan fingerprint density at radius 3 is 2.22 bits per heavy atom. The van der Waals surface area contributed by atoms with Gasteiger partial charge >= 0.3 is 0 Å². The minimum Gasteiger partial charge on any atom is -0.465 e. The standard InChI is InChI=1S/C28H37N7OS/c1-20-15-21(2)19-35(18-20)26-16-25(34-13-11-33(12-14-34)23-7-5-4-6-8-23)30-27(31-26)32-28(37)29-17-24-10-9-22(3)36-24/h4-10,16,20-21H,11-15,17-19H2,1-3H3,(H2,29,30,31,32,37). The minimum atomic E-state index is 0.478. The second-order valence-electron chi connectivity index (χ2n) is 10.4. The van der Waals surface area contributed by atoms with Crippen molar-refractivity contribution < 1.29 is 4.42 Å². The summed E-state index contributed by atoms with van der Waals surface area (Å²) in [6, 6.07) is 16.7. The summed E-state index contributed by atoms with van der Waals surface area (Å²) in [5.74, 6) is 5.41. The molecule has 0 amide bonds. The van der Waals surface area contributed by atoms with Crippen molar-refractivity contribution in [3.05, 3.63) is 60.1 Å². The van der Waals surface area contributed by atoms with Gasteiger partial charge in [-0.3, -0.25) is 0 Å². The molecule has 2 aromatic heterocycles. The summed E-state index contributed by atoms with van der Waals surface area (Å²) < 4.78 is 5.64. The SMILES string of the molecule is Cc1ccc(CNC(=S)Nc2nc(N3CCN(c4ccccc4)CC3)cc(N3CC(C)CC(C)C3)n2)o1. The third-order valence-corrected chi connectivity index (χ3v) is 7.31. The lowest BCUT2D eigenvalue weighted by Gasteiger charge is -2.38. The maximum atomic E-state index is 5.64. The van der Waals surface area contributed by atoms with Gasteiger partial charge in [-0.2, -0.15) is 9.97 Å². The Hall–Kier alpha value is -3.33. The van der Waals surface area contributed by atoms with E-state index in [4.69, 9.17) is 26.6 Å². The number of hydrogen-bond donors (Lipinski definition) is 2. The van der Waals surface area contributed by atoms with E-state index in [9.17, 15) is 0 Å². The average Bonchev–Trinajstić information content (AvgIpc) is 3.32. The number of aromatic nitrogens is 2. The van der Waals surface area contributed by atoms with Crippen LogP contribution in [0.25, 0.3) is 0 Å². The van der Waals surface area contributed by atoms with Crippen molar-refractivity contribution in [2.75, 3.05) is 59.3 Å². The molecule has 2 N–H and O–H groups in total. The van der Waals surface area contributed by atoms with E-state index in [2.05, 4.69) is 75.6 Å². The molecule has 2 fully saturated rings. The molecular formula is C28H37N7OS. The third-order valence-electron chi connectivity index (χ3n) is 7.06. The fourth-order valence-corrected chi connectivity index (χ4v) is 5.54. The van der Waals surface area contributed by atoms with Crippen LogP contribution in [0.2, 0.25) is 0 Å². The number of aryl methyl sites for hydroxylation is 1. The molecule has 4 heterocycles. The number of furan rings is 1. The number of hydrogen-bond acceptors (Lipinski definition) is 7. The zero-order valence-electron chi connectivity index (χ0n) is 22.0. The molecule has 2 saturated heterocycles. The molecule has 2 atom stereocenters. The van der Waals surface area contributed by atoms with Gasteiger partial charge in [-0.15, -0.1) is 0 Å². The summed E-state index contributed by atoms with van der Waals surface area (Å²) in [6.07, 6.45) is 1.25. The molecule has 0 saturated carbocycles. The van der Waals surface area contributed by atoms with Crippen molar-refractivity contribution >= 4 is 40.6 Å². The average molecular weight is 520 g/mol. The third kappa shape index (κ3) is 6.52. The van der Waals surface area contributed by atoms with Crippen molar-refractivity contribution in [1.29, 1.82) is 0 Å². The number of piperidine rings is 1. The van der Waals surface area contributed by atoms with Crippen LogP contribution in [0.15, 0.2) is 52.9 Å². The Labute approximate surface area is 225 Å². The van der Waals surface area contributed by atoms with Crippen LogP contribution < -0.4 is 25.3 Å². The Balaban J connectivity index is 1.32. The summed E-state index contributed by atoms with van der Waals surface area (Å²) in [7, 11) is 0. The molecule has 8 nitrogen and oxygen atoms in total. The van der Waals surface area contributed by atoms with Gasteiger partial charge in [-0.05, 0) is 61.7 Å². The number of para-hydroxylation sites is 1. The summed E-state index contributed by atoms with van der Waals surface area (Å²) in [6.45, 7) is 12.8.